The van der Waals surface area contributed by atoms with Gasteiger partial charge in [-0.3, -0.25) is 4.79 Å². The van der Waals surface area contributed by atoms with Gasteiger partial charge in [-0.25, -0.2) is 9.59 Å². The number of esters is 3. The van der Waals surface area contributed by atoms with Crippen LogP contribution in [0.5, 0.6) is 0 Å². The minimum atomic E-state index is -1.21. The minimum absolute atomic E-state index is 0.0831. The quantitative estimate of drug-likeness (QED) is 0.424. The number of aliphatic hydroxyl groups excluding tert-OH is 1. The van der Waals surface area contributed by atoms with E-state index in [-0.39, 0.29) is 13.2 Å². The van der Waals surface area contributed by atoms with E-state index >= 15 is 0 Å². The number of carbonyl (C=O) groups excluding carboxylic acids is 3. The van der Waals surface area contributed by atoms with Gasteiger partial charge in [-0.1, -0.05) is 0 Å². The summed E-state index contributed by atoms with van der Waals surface area (Å²) in [5.74, 6) is -2.08. The van der Waals surface area contributed by atoms with Crippen LogP contribution in [-0.2, 0) is 38.1 Å². The summed E-state index contributed by atoms with van der Waals surface area (Å²) in [6, 6.07) is 0. The Labute approximate surface area is 157 Å². The van der Waals surface area contributed by atoms with E-state index in [4.69, 9.17) is 23.7 Å². The van der Waals surface area contributed by atoms with Crippen molar-refractivity contribution in [3.05, 3.63) is 24.3 Å². The fraction of sp³-hybridized carbons (Fsp3) is 0.611. The molecule has 0 spiro atoms. The molecule has 0 aromatic carbocycles. The summed E-state index contributed by atoms with van der Waals surface area (Å²) in [6.07, 6.45) is 0.173. The van der Waals surface area contributed by atoms with Crippen LogP contribution in [0, 0.1) is 0 Å². The molecule has 0 aromatic heterocycles. The normalized spacial score (nSPS) is 33.5. The first-order valence-electron chi connectivity index (χ1n) is 8.48. The second kappa shape index (κ2) is 11.5. The van der Waals surface area contributed by atoms with Crippen molar-refractivity contribution in [3.63, 3.8) is 0 Å². The van der Waals surface area contributed by atoms with Crippen LogP contribution in [0.15, 0.2) is 24.3 Å². The molecule has 0 aliphatic carbocycles. The molecule has 1 heterocycles. The van der Waals surface area contributed by atoms with Gasteiger partial charge in [-0.2, -0.15) is 0 Å². The first kappa shape index (κ1) is 22.8. The minimum Gasteiger partial charge on any atom is -0.459 e. The van der Waals surface area contributed by atoms with Crippen LogP contribution in [0.3, 0.4) is 0 Å². The third-order valence-electron chi connectivity index (χ3n) is 3.56. The Morgan fingerprint density at radius 3 is 2.30 bits per heavy atom. The summed E-state index contributed by atoms with van der Waals surface area (Å²) >= 11 is 0. The maximum absolute atomic E-state index is 11.9. The van der Waals surface area contributed by atoms with Gasteiger partial charge in [-0.15, -0.1) is 0 Å². The van der Waals surface area contributed by atoms with Gasteiger partial charge in [0.15, 0.2) is 0 Å². The lowest BCUT2D eigenvalue weighted by atomic mass is 10.2. The molecule has 0 aromatic rings. The molecule has 9 heteroatoms. The monoisotopic (exact) mass is 386 g/mol. The molecule has 5 atom stereocenters. The van der Waals surface area contributed by atoms with E-state index in [0.29, 0.717) is 0 Å². The number of methoxy groups -OCH3 is 1. The van der Waals surface area contributed by atoms with Crippen molar-refractivity contribution in [2.24, 2.45) is 0 Å². The Morgan fingerprint density at radius 1 is 1.00 bits per heavy atom. The summed E-state index contributed by atoms with van der Waals surface area (Å²) in [6.45, 7) is 4.51. The lowest BCUT2D eigenvalue weighted by Gasteiger charge is -2.22. The van der Waals surface area contributed by atoms with Gasteiger partial charge in [0.2, 0.25) is 0 Å². The van der Waals surface area contributed by atoms with E-state index in [1.807, 2.05) is 0 Å². The van der Waals surface area contributed by atoms with Crippen molar-refractivity contribution in [2.75, 3.05) is 13.9 Å². The highest BCUT2D eigenvalue weighted by atomic mass is 16.7. The van der Waals surface area contributed by atoms with Gasteiger partial charge in [-0.05, 0) is 32.9 Å². The Morgan fingerprint density at radius 2 is 1.63 bits per heavy atom. The Kier molecular flexibility index (Phi) is 9.70. The maximum atomic E-state index is 11.9. The highest BCUT2D eigenvalue weighted by Crippen LogP contribution is 2.10. The van der Waals surface area contributed by atoms with Crippen molar-refractivity contribution >= 4 is 17.9 Å². The summed E-state index contributed by atoms with van der Waals surface area (Å²) in [5, 5.41) is 9.96. The number of hydrogen-bond donors (Lipinski definition) is 1. The Hall–Kier alpha value is -2.23. The molecule has 27 heavy (non-hydrogen) atoms. The first-order valence-corrected chi connectivity index (χ1v) is 8.48. The molecule has 1 aliphatic heterocycles. The lowest BCUT2D eigenvalue weighted by molar-refractivity contribution is -0.157. The van der Waals surface area contributed by atoms with Gasteiger partial charge < -0.3 is 28.8 Å². The second-order valence-electron chi connectivity index (χ2n) is 6.04. The molecule has 1 aliphatic rings. The van der Waals surface area contributed by atoms with Crippen LogP contribution >= 0.6 is 0 Å². The van der Waals surface area contributed by atoms with Crippen molar-refractivity contribution in [1.29, 1.82) is 0 Å². The lowest BCUT2D eigenvalue weighted by Crippen LogP contribution is -2.31. The van der Waals surface area contributed by atoms with Crippen LogP contribution in [0.1, 0.15) is 27.2 Å². The molecule has 0 saturated carbocycles. The molecule has 0 fully saturated rings. The summed E-state index contributed by atoms with van der Waals surface area (Å²) in [4.78, 5) is 35.6. The summed E-state index contributed by atoms with van der Waals surface area (Å²) < 4.78 is 25.6. The number of rotatable bonds is 3. The van der Waals surface area contributed by atoms with E-state index in [1.54, 1.807) is 13.8 Å². The Balaban J connectivity index is 2.99. The van der Waals surface area contributed by atoms with E-state index in [0.717, 1.165) is 12.2 Å². The molecule has 9 nitrogen and oxygen atoms in total. The van der Waals surface area contributed by atoms with Gasteiger partial charge in [0.05, 0.1) is 6.42 Å². The number of aliphatic hydroxyl groups is 1. The van der Waals surface area contributed by atoms with E-state index < -0.39 is 48.4 Å². The fourth-order valence-electron chi connectivity index (χ4n) is 2.13. The fourth-order valence-corrected chi connectivity index (χ4v) is 2.13. The molecule has 1 N–H and O–H groups in total. The zero-order valence-corrected chi connectivity index (χ0v) is 15.8. The van der Waals surface area contributed by atoms with Gasteiger partial charge >= 0.3 is 17.9 Å². The zero-order valence-electron chi connectivity index (χ0n) is 15.8. The summed E-state index contributed by atoms with van der Waals surface area (Å²) in [7, 11) is 1.43. The predicted octanol–water partition coefficient (Wildman–Crippen LogP) is 0.648. The van der Waals surface area contributed by atoms with Crippen molar-refractivity contribution in [2.45, 2.75) is 57.7 Å². The van der Waals surface area contributed by atoms with E-state index in [9.17, 15) is 19.5 Å². The van der Waals surface area contributed by atoms with Gasteiger partial charge in [0, 0.05) is 19.3 Å². The number of carbonyl (C=O) groups is 3. The molecule has 0 radical (unpaired) electrons. The summed E-state index contributed by atoms with van der Waals surface area (Å²) in [5.41, 5.74) is 0. The Bertz CT molecular complexity index is 569. The highest BCUT2D eigenvalue weighted by molar-refractivity contribution is 5.83. The molecular formula is C18H26O9. The van der Waals surface area contributed by atoms with Crippen LogP contribution in [0.4, 0.5) is 0 Å². The molecule has 152 valence electrons. The van der Waals surface area contributed by atoms with Crippen LogP contribution in [-0.4, -0.2) is 67.4 Å². The van der Waals surface area contributed by atoms with Crippen molar-refractivity contribution in [1.82, 2.24) is 0 Å². The molecule has 0 saturated heterocycles. The van der Waals surface area contributed by atoms with Crippen LogP contribution in [0.2, 0.25) is 0 Å². The van der Waals surface area contributed by atoms with Gasteiger partial charge in [0.25, 0.3) is 0 Å². The van der Waals surface area contributed by atoms with Crippen LogP contribution in [0.25, 0.3) is 0 Å². The van der Waals surface area contributed by atoms with Crippen LogP contribution < -0.4 is 0 Å². The third-order valence-corrected chi connectivity index (χ3v) is 3.56. The highest BCUT2D eigenvalue weighted by Gasteiger charge is 2.22. The third kappa shape index (κ3) is 8.80. The molecule has 0 bridgehead atoms. The SMILES string of the molecule is COCO[C@@H]1/C=C/C(=O)O[C@@H](C)CC(=O)O[C@@H](C)[C@H](O)/C=C/C(=O)O[C@H]1C. The molecule has 1 rings (SSSR count). The van der Waals surface area contributed by atoms with E-state index in [1.165, 1.54) is 26.2 Å². The zero-order chi connectivity index (χ0) is 20.4. The largest absolute Gasteiger partial charge is 0.459 e. The predicted molar refractivity (Wildman–Crippen MR) is 92.3 cm³/mol. The maximum Gasteiger partial charge on any atom is 0.330 e. The number of cyclic esters (lactones) is 3. The van der Waals surface area contributed by atoms with Gasteiger partial charge in [0.1, 0.15) is 37.3 Å². The second-order valence-corrected chi connectivity index (χ2v) is 6.04. The van der Waals surface area contributed by atoms with E-state index in [2.05, 4.69) is 0 Å². The number of ether oxygens (including phenoxy) is 5. The smallest absolute Gasteiger partial charge is 0.330 e. The average molecular weight is 386 g/mol. The molecule has 0 amide bonds. The van der Waals surface area contributed by atoms with Crippen molar-refractivity contribution < 1.29 is 43.2 Å². The topological polar surface area (TPSA) is 118 Å². The standard InChI is InChI=1S/C18H26O9/c1-11-9-18(22)26-12(2)14(19)5-7-17(21)27-13(3)15(24-10-23-4)6-8-16(20)25-11/h5-8,11-15,19H,9-10H2,1-4H3/b7-5+,8-6+/t11-,12-,13-,14+,15+/m0/s1. The first-order chi connectivity index (χ1) is 12.7. The van der Waals surface area contributed by atoms with Crippen molar-refractivity contribution in [3.8, 4) is 0 Å². The molecule has 0 unspecified atom stereocenters. The average Bonchev–Trinajstić information content (AvgIpc) is 2.58. The number of hydrogen-bond acceptors (Lipinski definition) is 9. The molecular weight excluding hydrogens is 360 g/mol.